The van der Waals surface area contributed by atoms with Crippen LogP contribution in [0.1, 0.15) is 18.4 Å². The maximum Gasteiger partial charge on any atom is 0.446 e. The molecule has 4 heterocycles. The molecule has 0 radical (unpaired) electrons. The number of hydrogen-bond acceptors (Lipinski definition) is 8. The van der Waals surface area contributed by atoms with Crippen LogP contribution in [0.3, 0.4) is 0 Å². The number of nitrogens with one attached hydrogen (secondary N) is 3. The molecule has 0 aliphatic carbocycles. The average molecular weight is 504 g/mol. The summed E-state index contributed by atoms with van der Waals surface area (Å²) in [7, 11) is 0. The minimum absolute atomic E-state index is 0.0144. The number of fused-ring (bicyclic) bond motifs is 1. The van der Waals surface area contributed by atoms with E-state index < -0.39 is 29.8 Å². The van der Waals surface area contributed by atoms with E-state index >= 15 is 0 Å². The predicted molar refractivity (Wildman–Crippen MR) is 114 cm³/mol. The Hall–Kier alpha value is -2.58. The molecule has 0 spiro atoms. The van der Waals surface area contributed by atoms with E-state index in [4.69, 9.17) is 9.26 Å². The number of benzene rings is 1. The molecule has 5 rings (SSSR count). The fraction of sp³-hybridized carbons (Fsp3) is 0.421. The van der Waals surface area contributed by atoms with E-state index in [2.05, 4.69) is 26.1 Å². The molecule has 0 unspecified atom stereocenters. The van der Waals surface area contributed by atoms with Gasteiger partial charge in [-0.25, -0.2) is 9.18 Å². The Bertz CT molecular complexity index is 1180. The van der Waals surface area contributed by atoms with Gasteiger partial charge in [-0.3, -0.25) is 0 Å². The van der Waals surface area contributed by atoms with Crippen molar-refractivity contribution in [1.29, 1.82) is 0 Å². The van der Waals surface area contributed by atoms with Crippen molar-refractivity contribution >= 4 is 44.9 Å². The van der Waals surface area contributed by atoms with E-state index in [1.54, 1.807) is 18.2 Å². The summed E-state index contributed by atoms with van der Waals surface area (Å²) in [5.74, 6) is 0.0732. The number of alkyl halides is 4. The molecule has 1 aromatic carbocycles. The Morgan fingerprint density at radius 2 is 2.15 bits per heavy atom. The van der Waals surface area contributed by atoms with Gasteiger partial charge in [0.25, 0.3) is 5.89 Å². The van der Waals surface area contributed by atoms with Crippen LogP contribution in [0.5, 0.6) is 0 Å². The monoisotopic (exact) mass is 503 g/mol. The Morgan fingerprint density at radius 3 is 2.88 bits per heavy atom. The van der Waals surface area contributed by atoms with Gasteiger partial charge in [0.05, 0.1) is 27.9 Å². The van der Waals surface area contributed by atoms with Crippen molar-refractivity contribution in [2.24, 2.45) is 0 Å². The molecule has 0 saturated carbocycles. The van der Waals surface area contributed by atoms with Gasteiger partial charge in [0.1, 0.15) is 12.2 Å². The number of amides is 2. The van der Waals surface area contributed by atoms with Crippen LogP contribution in [0.25, 0.3) is 20.8 Å². The standard InChI is InChI=1S/C19H17F4N5O3S2/c20-9-7-30-5-4-10(9)25-11-3-1-2-8-13(11)32-15(14(8)33-19(21,22)23)16-27-17(31-28-16)12-6-24-18(29)26-12/h1-3,9-10,12,25H,4-7H2,(H2,24,26,29)/t9-,10+,12+/m0/s1. The SMILES string of the molecule is O=C1NC[C@H](c2nc(-c3sc4c(N[C@@H]5CCOC[C@@H]5F)cccc4c3SC(F)(F)F)no2)N1. The molecule has 2 aliphatic heterocycles. The van der Waals surface area contributed by atoms with E-state index in [1.165, 1.54) is 0 Å². The van der Waals surface area contributed by atoms with Gasteiger partial charge in [-0.2, -0.15) is 18.2 Å². The van der Waals surface area contributed by atoms with Crippen LogP contribution < -0.4 is 16.0 Å². The normalized spacial score (nSPS) is 23.5. The van der Waals surface area contributed by atoms with Crippen molar-refractivity contribution in [2.45, 2.75) is 35.1 Å². The number of carbonyl (C=O) groups is 1. The number of hydrogen-bond donors (Lipinski definition) is 3. The summed E-state index contributed by atoms with van der Waals surface area (Å²) in [5, 5.41) is 12.5. The van der Waals surface area contributed by atoms with Crippen molar-refractivity contribution in [3.05, 3.63) is 24.1 Å². The summed E-state index contributed by atoms with van der Waals surface area (Å²) in [6.07, 6.45) is -0.789. The molecular weight excluding hydrogens is 486 g/mol. The number of halogens is 4. The van der Waals surface area contributed by atoms with Crippen molar-refractivity contribution in [3.63, 3.8) is 0 Å². The zero-order valence-electron chi connectivity index (χ0n) is 16.7. The maximum atomic E-state index is 14.3. The highest BCUT2D eigenvalue weighted by Crippen LogP contribution is 2.50. The maximum absolute atomic E-state index is 14.3. The van der Waals surface area contributed by atoms with Crippen molar-refractivity contribution in [3.8, 4) is 10.7 Å². The number of aromatic nitrogens is 2. The second-order valence-corrected chi connectivity index (χ2v) is 9.58. The number of rotatable bonds is 5. The lowest BCUT2D eigenvalue weighted by molar-refractivity contribution is -0.0327. The van der Waals surface area contributed by atoms with Crippen LogP contribution >= 0.6 is 23.1 Å². The van der Waals surface area contributed by atoms with E-state index in [0.29, 0.717) is 28.8 Å². The molecule has 3 atom stereocenters. The molecule has 2 amide bonds. The second kappa shape index (κ2) is 8.65. The fourth-order valence-corrected chi connectivity index (χ4v) is 5.82. The zero-order chi connectivity index (χ0) is 23.2. The van der Waals surface area contributed by atoms with Crippen LogP contribution in [-0.2, 0) is 4.74 Å². The van der Waals surface area contributed by atoms with Crippen molar-refractivity contribution in [2.75, 3.05) is 25.1 Å². The van der Waals surface area contributed by atoms with Gasteiger partial charge >= 0.3 is 11.5 Å². The van der Waals surface area contributed by atoms with Crippen molar-refractivity contribution < 1.29 is 31.6 Å². The molecule has 14 heteroatoms. The number of nitrogens with zero attached hydrogens (tertiary/aromatic N) is 2. The predicted octanol–water partition coefficient (Wildman–Crippen LogP) is 4.46. The van der Waals surface area contributed by atoms with E-state index in [1.807, 2.05) is 0 Å². The third kappa shape index (κ3) is 4.59. The molecule has 2 aliphatic rings. The quantitative estimate of drug-likeness (QED) is 0.349. The van der Waals surface area contributed by atoms with Gasteiger partial charge in [0, 0.05) is 23.4 Å². The molecule has 2 saturated heterocycles. The first-order chi connectivity index (χ1) is 15.8. The largest absolute Gasteiger partial charge is 0.446 e. The van der Waals surface area contributed by atoms with Gasteiger partial charge in [-0.05, 0) is 24.2 Å². The lowest BCUT2D eigenvalue weighted by Crippen LogP contribution is -2.39. The molecule has 3 aromatic rings. The van der Waals surface area contributed by atoms with Crippen LogP contribution in [0.2, 0.25) is 0 Å². The summed E-state index contributed by atoms with van der Waals surface area (Å²) in [6.45, 7) is 0.592. The molecule has 33 heavy (non-hydrogen) atoms. The van der Waals surface area contributed by atoms with Crippen LogP contribution in [0.4, 0.5) is 28.0 Å². The number of carbonyl (C=O) groups excluding carboxylic acids is 1. The summed E-state index contributed by atoms with van der Waals surface area (Å²) in [6, 6.07) is 3.42. The third-order valence-corrected chi connectivity index (χ3v) is 7.45. The molecule has 3 N–H and O–H groups in total. The third-order valence-electron chi connectivity index (χ3n) is 5.23. The fourth-order valence-electron chi connectivity index (χ4n) is 3.71. The van der Waals surface area contributed by atoms with Crippen LogP contribution in [0, 0.1) is 0 Å². The number of anilines is 1. The van der Waals surface area contributed by atoms with E-state index in [0.717, 1.165) is 11.3 Å². The van der Waals surface area contributed by atoms with Gasteiger partial charge < -0.3 is 25.2 Å². The van der Waals surface area contributed by atoms with Crippen molar-refractivity contribution in [1.82, 2.24) is 20.8 Å². The van der Waals surface area contributed by atoms with Crippen LogP contribution in [0.15, 0.2) is 27.6 Å². The highest BCUT2D eigenvalue weighted by molar-refractivity contribution is 8.00. The summed E-state index contributed by atoms with van der Waals surface area (Å²) < 4.78 is 65.4. The van der Waals surface area contributed by atoms with Crippen LogP contribution in [-0.4, -0.2) is 53.7 Å². The highest BCUT2D eigenvalue weighted by atomic mass is 32.2. The van der Waals surface area contributed by atoms with E-state index in [9.17, 15) is 22.4 Å². The molecule has 0 bridgehead atoms. The summed E-state index contributed by atoms with van der Waals surface area (Å²) in [4.78, 5) is 15.7. The first-order valence-corrected chi connectivity index (χ1v) is 11.6. The highest BCUT2D eigenvalue weighted by Gasteiger charge is 2.35. The second-order valence-electron chi connectivity index (χ2n) is 7.48. The molecule has 2 aromatic heterocycles. The van der Waals surface area contributed by atoms with Gasteiger partial charge in [0.15, 0.2) is 0 Å². The Morgan fingerprint density at radius 1 is 1.30 bits per heavy atom. The lowest BCUT2D eigenvalue weighted by atomic mass is 10.1. The average Bonchev–Trinajstić information content (AvgIpc) is 3.48. The van der Waals surface area contributed by atoms with Gasteiger partial charge in [-0.1, -0.05) is 17.3 Å². The minimum atomic E-state index is -4.55. The first-order valence-electron chi connectivity index (χ1n) is 9.96. The summed E-state index contributed by atoms with van der Waals surface area (Å²) in [5.41, 5.74) is -4.02. The number of thioether (sulfide) groups is 1. The molecule has 176 valence electrons. The first kappa shape index (κ1) is 22.2. The van der Waals surface area contributed by atoms with Gasteiger partial charge in [0.2, 0.25) is 5.82 Å². The number of ether oxygens (including phenoxy) is 1. The Kier molecular flexibility index (Phi) is 5.82. The minimum Gasteiger partial charge on any atom is -0.378 e. The molecule has 8 nitrogen and oxygen atoms in total. The lowest BCUT2D eigenvalue weighted by Gasteiger charge is -2.27. The topological polar surface area (TPSA) is 101 Å². The number of urea groups is 1. The number of thiophene rings is 1. The Labute approximate surface area is 192 Å². The zero-order valence-corrected chi connectivity index (χ0v) is 18.4. The molecular formula is C19H17F4N5O3S2. The van der Waals surface area contributed by atoms with Gasteiger partial charge in [-0.15, -0.1) is 11.3 Å². The molecule has 2 fully saturated rings. The summed E-state index contributed by atoms with van der Waals surface area (Å²) >= 11 is 0.806. The smallest absolute Gasteiger partial charge is 0.378 e. The van der Waals surface area contributed by atoms with E-state index in [-0.39, 0.29) is 46.4 Å². The Balaban J connectivity index is 1.55.